The molecule has 1 atom stereocenters. The quantitative estimate of drug-likeness (QED) is 0.592. The Morgan fingerprint density at radius 3 is 2.94 bits per heavy atom. The fraction of sp³-hybridized carbons (Fsp3) is 0.538. The Balaban J connectivity index is 1.86. The summed E-state index contributed by atoms with van der Waals surface area (Å²) in [4.78, 5) is 4.48. The number of rotatable bonds is 6. The van der Waals surface area contributed by atoms with Crippen LogP contribution in [0.1, 0.15) is 36.8 Å². The first kappa shape index (κ1) is 11.4. The first-order chi connectivity index (χ1) is 7.85. The molecule has 3 heteroatoms. The molecule has 0 saturated heterocycles. The fourth-order valence-electron chi connectivity index (χ4n) is 2.19. The zero-order valence-electron chi connectivity index (χ0n) is 9.74. The van der Waals surface area contributed by atoms with Crippen molar-refractivity contribution in [2.75, 3.05) is 13.2 Å². The second-order valence-corrected chi connectivity index (χ2v) is 4.24. The number of fused-ring (bicyclic) bond motifs is 1. The van der Waals surface area contributed by atoms with E-state index >= 15 is 0 Å². The Hall–Kier alpha value is -1.06. The molecule has 0 fully saturated rings. The second-order valence-electron chi connectivity index (χ2n) is 4.24. The van der Waals surface area contributed by atoms with Gasteiger partial charge in [0.25, 0.3) is 0 Å². The van der Waals surface area contributed by atoms with Crippen LogP contribution in [0.25, 0.3) is 0 Å². The van der Waals surface area contributed by atoms with Gasteiger partial charge in [0.05, 0.1) is 13.2 Å². The maximum atomic E-state index is 5.61. The highest BCUT2D eigenvalue weighted by atomic mass is 16.6. The molecule has 1 aromatic carbocycles. The van der Waals surface area contributed by atoms with Crippen LogP contribution in [0.2, 0.25) is 0 Å². The molecule has 0 amide bonds. The van der Waals surface area contributed by atoms with Gasteiger partial charge in [-0.15, -0.1) is 0 Å². The van der Waals surface area contributed by atoms with Gasteiger partial charge in [0.2, 0.25) is 0 Å². The highest BCUT2D eigenvalue weighted by molar-refractivity contribution is 5.44. The molecule has 0 radical (unpaired) electrons. The van der Waals surface area contributed by atoms with Gasteiger partial charge in [0, 0.05) is 6.42 Å². The van der Waals surface area contributed by atoms with Gasteiger partial charge in [0.1, 0.15) is 5.75 Å². The van der Waals surface area contributed by atoms with E-state index in [-0.39, 0.29) is 0 Å². The molecule has 1 unspecified atom stereocenters. The third kappa shape index (κ3) is 2.36. The summed E-state index contributed by atoms with van der Waals surface area (Å²) < 4.78 is 5.61. The first-order valence-corrected chi connectivity index (χ1v) is 5.92. The predicted octanol–water partition coefficient (Wildman–Crippen LogP) is 2.40. The van der Waals surface area contributed by atoms with Gasteiger partial charge >= 0.3 is 0 Å². The van der Waals surface area contributed by atoms with Crippen LogP contribution in [0.5, 0.6) is 5.75 Å². The van der Waals surface area contributed by atoms with Gasteiger partial charge in [-0.25, -0.2) is 5.90 Å². The summed E-state index contributed by atoms with van der Waals surface area (Å²) in [5, 5.41) is 0. The Bertz CT molecular complexity index is 352. The molecule has 0 heterocycles. The van der Waals surface area contributed by atoms with Crippen molar-refractivity contribution < 1.29 is 9.57 Å². The minimum atomic E-state index is 0.544. The Morgan fingerprint density at radius 2 is 2.25 bits per heavy atom. The molecular formula is C13H19NO2. The number of hydrogen-bond donors (Lipinski definition) is 1. The number of nitrogens with two attached hydrogens (primary N) is 1. The number of benzene rings is 1. The van der Waals surface area contributed by atoms with E-state index in [2.05, 4.69) is 30.0 Å². The molecule has 88 valence electrons. The lowest BCUT2D eigenvalue weighted by molar-refractivity contribution is 0.122. The van der Waals surface area contributed by atoms with Gasteiger partial charge in [-0.3, -0.25) is 0 Å². The van der Waals surface area contributed by atoms with Crippen molar-refractivity contribution in [3.05, 3.63) is 29.3 Å². The molecule has 1 aliphatic carbocycles. The van der Waals surface area contributed by atoms with Crippen LogP contribution in [0, 0.1) is 0 Å². The Labute approximate surface area is 96.5 Å². The summed E-state index contributed by atoms with van der Waals surface area (Å²) in [5.41, 5.74) is 2.94. The Kier molecular flexibility index (Phi) is 3.80. The molecule has 0 spiro atoms. The highest BCUT2D eigenvalue weighted by Gasteiger charge is 2.24. The number of ether oxygens (including phenoxy) is 1. The summed E-state index contributed by atoms with van der Waals surface area (Å²) in [6.45, 7) is 3.45. The molecule has 1 aliphatic rings. The maximum absolute atomic E-state index is 5.61. The van der Waals surface area contributed by atoms with Gasteiger partial charge in [0.15, 0.2) is 0 Å². The predicted molar refractivity (Wildman–Crippen MR) is 63.4 cm³/mol. The summed E-state index contributed by atoms with van der Waals surface area (Å²) in [5.74, 6) is 6.67. The summed E-state index contributed by atoms with van der Waals surface area (Å²) in [6.07, 6.45) is 3.27. The van der Waals surface area contributed by atoms with Crippen LogP contribution in [-0.2, 0) is 11.3 Å². The van der Waals surface area contributed by atoms with Crippen molar-refractivity contribution in [1.82, 2.24) is 0 Å². The standard InChI is InChI=1S/C13H19NO2/c1-2-10-8-11-9-12(4-5-13(10)11)15-6-3-7-16-14/h4-5,9-10H,2-3,6-8,14H2,1H3. The molecule has 1 aromatic rings. The van der Waals surface area contributed by atoms with Crippen LogP contribution in [0.15, 0.2) is 18.2 Å². The minimum absolute atomic E-state index is 0.544. The highest BCUT2D eigenvalue weighted by Crippen LogP contribution is 2.39. The van der Waals surface area contributed by atoms with E-state index in [4.69, 9.17) is 10.6 Å². The van der Waals surface area contributed by atoms with Gasteiger partial charge in [-0.2, -0.15) is 0 Å². The van der Waals surface area contributed by atoms with E-state index in [0.29, 0.717) is 13.2 Å². The zero-order valence-corrected chi connectivity index (χ0v) is 9.74. The molecule has 2 N–H and O–H groups in total. The molecule has 0 saturated carbocycles. The van der Waals surface area contributed by atoms with E-state index in [1.165, 1.54) is 24.0 Å². The van der Waals surface area contributed by atoms with Crippen LogP contribution in [0.4, 0.5) is 0 Å². The third-order valence-electron chi connectivity index (χ3n) is 3.19. The Morgan fingerprint density at radius 1 is 1.38 bits per heavy atom. The zero-order chi connectivity index (χ0) is 11.4. The lowest BCUT2D eigenvalue weighted by Crippen LogP contribution is -2.16. The smallest absolute Gasteiger partial charge is 0.119 e. The average Bonchev–Trinajstić information content (AvgIpc) is 2.27. The fourth-order valence-corrected chi connectivity index (χ4v) is 2.19. The third-order valence-corrected chi connectivity index (χ3v) is 3.19. The summed E-state index contributed by atoms with van der Waals surface area (Å²) in [6, 6.07) is 6.41. The van der Waals surface area contributed by atoms with Crippen LogP contribution >= 0.6 is 0 Å². The molecular weight excluding hydrogens is 202 g/mol. The maximum Gasteiger partial charge on any atom is 0.119 e. The van der Waals surface area contributed by atoms with Crippen LogP contribution in [0.3, 0.4) is 0 Å². The lowest BCUT2D eigenvalue weighted by Gasteiger charge is -2.29. The van der Waals surface area contributed by atoms with E-state index < -0.39 is 0 Å². The lowest BCUT2D eigenvalue weighted by atomic mass is 9.76. The summed E-state index contributed by atoms with van der Waals surface area (Å²) in [7, 11) is 0. The SMILES string of the molecule is CCC1Cc2cc(OCCCON)ccc21. The van der Waals surface area contributed by atoms with Gasteiger partial charge in [-0.1, -0.05) is 13.0 Å². The normalized spacial score (nSPS) is 17.8. The van der Waals surface area contributed by atoms with E-state index in [1.54, 1.807) is 0 Å². The molecule has 0 bridgehead atoms. The van der Waals surface area contributed by atoms with Crippen LogP contribution < -0.4 is 10.6 Å². The molecule has 2 rings (SSSR count). The first-order valence-electron chi connectivity index (χ1n) is 5.92. The monoisotopic (exact) mass is 221 g/mol. The molecule has 0 aliphatic heterocycles. The molecule has 16 heavy (non-hydrogen) atoms. The van der Waals surface area contributed by atoms with Crippen molar-refractivity contribution in [2.45, 2.75) is 32.1 Å². The van der Waals surface area contributed by atoms with Crippen molar-refractivity contribution in [3.8, 4) is 5.75 Å². The topological polar surface area (TPSA) is 44.5 Å². The minimum Gasteiger partial charge on any atom is -0.493 e. The molecule has 0 aromatic heterocycles. The van der Waals surface area contributed by atoms with E-state index in [9.17, 15) is 0 Å². The van der Waals surface area contributed by atoms with Crippen molar-refractivity contribution in [3.63, 3.8) is 0 Å². The number of hydrogen-bond acceptors (Lipinski definition) is 3. The average molecular weight is 221 g/mol. The van der Waals surface area contributed by atoms with Gasteiger partial charge < -0.3 is 9.57 Å². The van der Waals surface area contributed by atoms with Crippen molar-refractivity contribution in [1.29, 1.82) is 0 Å². The van der Waals surface area contributed by atoms with Crippen LogP contribution in [-0.4, -0.2) is 13.2 Å². The van der Waals surface area contributed by atoms with E-state index in [1.807, 2.05) is 0 Å². The summed E-state index contributed by atoms with van der Waals surface area (Å²) >= 11 is 0. The van der Waals surface area contributed by atoms with E-state index in [0.717, 1.165) is 18.1 Å². The second kappa shape index (κ2) is 5.32. The largest absolute Gasteiger partial charge is 0.493 e. The van der Waals surface area contributed by atoms with Crippen molar-refractivity contribution >= 4 is 0 Å². The van der Waals surface area contributed by atoms with Gasteiger partial charge in [-0.05, 0) is 42.0 Å². The van der Waals surface area contributed by atoms with Crippen molar-refractivity contribution in [2.24, 2.45) is 5.90 Å². The molecule has 3 nitrogen and oxygen atoms in total.